The molecular weight excluding hydrogens is 336 g/mol. The Morgan fingerprint density at radius 2 is 2.08 bits per heavy atom. The third-order valence-electron chi connectivity index (χ3n) is 4.67. The van der Waals surface area contributed by atoms with Crippen molar-refractivity contribution < 1.29 is 9.53 Å². The number of hydrogen-bond acceptors (Lipinski definition) is 6. The van der Waals surface area contributed by atoms with Crippen molar-refractivity contribution in [1.82, 2.24) is 14.8 Å². The minimum Gasteiger partial charge on any atom is -0.497 e. The van der Waals surface area contributed by atoms with Crippen molar-refractivity contribution in [1.29, 1.82) is 0 Å². The zero-order chi connectivity index (χ0) is 17.2. The summed E-state index contributed by atoms with van der Waals surface area (Å²) in [7, 11) is 1.61. The first-order valence-corrected chi connectivity index (χ1v) is 9.75. The molecule has 0 amide bonds. The largest absolute Gasteiger partial charge is 0.497 e. The highest BCUT2D eigenvalue weighted by Gasteiger charge is 2.32. The number of ether oxygens (including phenoxy) is 1. The Kier molecular flexibility index (Phi) is 4.65. The first-order chi connectivity index (χ1) is 12.3. The second-order valence-corrected chi connectivity index (χ2v) is 7.46. The number of nitrogens with zero attached hydrogens (tertiary/aromatic N) is 4. The summed E-state index contributed by atoms with van der Waals surface area (Å²) >= 11 is 1.48. The number of carbonyl (C=O) groups excluding carboxylic acids is 1. The molecule has 1 aromatic carbocycles. The van der Waals surface area contributed by atoms with E-state index in [1.54, 1.807) is 13.2 Å². The van der Waals surface area contributed by atoms with E-state index in [9.17, 15) is 4.79 Å². The molecule has 4 rings (SSSR count). The molecule has 6 nitrogen and oxygen atoms in total. The van der Waals surface area contributed by atoms with Crippen LogP contribution in [0.25, 0.3) is 0 Å². The van der Waals surface area contributed by atoms with E-state index in [0.29, 0.717) is 23.1 Å². The molecule has 0 unspecified atom stereocenters. The van der Waals surface area contributed by atoms with Gasteiger partial charge in [0.15, 0.2) is 10.9 Å². The van der Waals surface area contributed by atoms with Gasteiger partial charge in [0.1, 0.15) is 5.75 Å². The summed E-state index contributed by atoms with van der Waals surface area (Å²) in [6.07, 6.45) is 4.79. The van der Waals surface area contributed by atoms with Gasteiger partial charge < -0.3 is 9.64 Å². The fourth-order valence-corrected chi connectivity index (χ4v) is 4.06. The van der Waals surface area contributed by atoms with Gasteiger partial charge in [0.25, 0.3) is 0 Å². The minimum atomic E-state index is 0.0805. The first kappa shape index (κ1) is 16.4. The van der Waals surface area contributed by atoms with Crippen molar-refractivity contribution in [3.05, 3.63) is 29.8 Å². The highest BCUT2D eigenvalue weighted by atomic mass is 32.2. The summed E-state index contributed by atoms with van der Waals surface area (Å²) in [6.45, 7) is 2.11. The molecule has 1 saturated carbocycles. The summed E-state index contributed by atoms with van der Waals surface area (Å²) in [5, 5.41) is 9.66. The van der Waals surface area contributed by atoms with Crippen molar-refractivity contribution in [2.75, 3.05) is 30.9 Å². The SMILES string of the molecule is COc1cccc(C(=O)CSc2nnc(N3CCCC3)n2C2CC2)c1. The molecule has 1 aliphatic heterocycles. The average Bonchev–Trinajstić information content (AvgIpc) is 3.17. The Morgan fingerprint density at radius 3 is 2.80 bits per heavy atom. The van der Waals surface area contributed by atoms with E-state index in [1.807, 2.05) is 18.2 Å². The number of rotatable bonds is 7. The standard InChI is InChI=1S/C18H22N4O2S/c1-24-15-6-4-5-13(11-15)16(23)12-25-18-20-19-17(21-9-2-3-10-21)22(18)14-7-8-14/h4-6,11,14H,2-3,7-10,12H2,1H3. The molecular formula is C18H22N4O2S. The number of hydrogen-bond donors (Lipinski definition) is 0. The van der Waals surface area contributed by atoms with Crippen LogP contribution in [0.15, 0.2) is 29.4 Å². The molecule has 1 aliphatic carbocycles. The number of methoxy groups -OCH3 is 1. The van der Waals surface area contributed by atoms with Gasteiger partial charge >= 0.3 is 0 Å². The van der Waals surface area contributed by atoms with Crippen LogP contribution in [0, 0.1) is 0 Å². The van der Waals surface area contributed by atoms with Crippen LogP contribution in [0.1, 0.15) is 42.1 Å². The van der Waals surface area contributed by atoms with Gasteiger partial charge in [-0.2, -0.15) is 0 Å². The van der Waals surface area contributed by atoms with E-state index in [1.165, 1.54) is 37.4 Å². The molecule has 0 spiro atoms. The zero-order valence-electron chi connectivity index (χ0n) is 14.4. The van der Waals surface area contributed by atoms with Gasteiger partial charge in [-0.1, -0.05) is 23.9 Å². The normalized spacial score (nSPS) is 17.1. The Labute approximate surface area is 151 Å². The monoisotopic (exact) mass is 358 g/mol. The second-order valence-electron chi connectivity index (χ2n) is 6.52. The fourth-order valence-electron chi connectivity index (χ4n) is 3.16. The van der Waals surface area contributed by atoms with E-state index in [0.717, 1.165) is 24.2 Å². The maximum atomic E-state index is 12.5. The van der Waals surface area contributed by atoms with Crippen LogP contribution in [0.3, 0.4) is 0 Å². The van der Waals surface area contributed by atoms with Crippen molar-refractivity contribution >= 4 is 23.5 Å². The van der Waals surface area contributed by atoms with Crippen molar-refractivity contribution in [2.24, 2.45) is 0 Å². The van der Waals surface area contributed by atoms with Crippen molar-refractivity contribution in [2.45, 2.75) is 36.9 Å². The molecule has 0 atom stereocenters. The van der Waals surface area contributed by atoms with E-state index in [2.05, 4.69) is 19.7 Å². The molecule has 1 saturated heterocycles. The van der Waals surface area contributed by atoms with Crippen LogP contribution in [0.4, 0.5) is 5.95 Å². The number of benzene rings is 1. The van der Waals surface area contributed by atoms with Crippen LogP contribution in [0.2, 0.25) is 0 Å². The van der Waals surface area contributed by atoms with Crippen molar-refractivity contribution in [3.63, 3.8) is 0 Å². The van der Waals surface area contributed by atoms with Gasteiger partial charge in [0.2, 0.25) is 5.95 Å². The molecule has 1 aromatic heterocycles. The van der Waals surface area contributed by atoms with E-state index in [4.69, 9.17) is 4.74 Å². The fraction of sp³-hybridized carbons (Fsp3) is 0.500. The van der Waals surface area contributed by atoms with Crippen LogP contribution >= 0.6 is 11.8 Å². The summed E-state index contributed by atoms with van der Waals surface area (Å²) in [6, 6.07) is 7.79. The van der Waals surface area contributed by atoms with Crippen LogP contribution in [0.5, 0.6) is 5.75 Å². The quantitative estimate of drug-likeness (QED) is 0.560. The molecule has 2 aromatic rings. The third kappa shape index (κ3) is 3.51. The number of ketones is 1. The lowest BCUT2D eigenvalue weighted by Crippen LogP contribution is -2.22. The van der Waals surface area contributed by atoms with Gasteiger partial charge in [0.05, 0.1) is 12.9 Å². The highest BCUT2D eigenvalue weighted by Crippen LogP contribution is 2.41. The molecule has 0 radical (unpaired) electrons. The topological polar surface area (TPSA) is 60.2 Å². The lowest BCUT2D eigenvalue weighted by atomic mass is 10.1. The molecule has 0 N–H and O–H groups in total. The third-order valence-corrected chi connectivity index (χ3v) is 5.61. The van der Waals surface area contributed by atoms with E-state index < -0.39 is 0 Å². The summed E-state index contributed by atoms with van der Waals surface area (Å²) in [4.78, 5) is 14.8. The smallest absolute Gasteiger partial charge is 0.228 e. The zero-order valence-corrected chi connectivity index (χ0v) is 15.2. The molecule has 25 heavy (non-hydrogen) atoms. The van der Waals surface area contributed by atoms with Gasteiger partial charge in [-0.3, -0.25) is 9.36 Å². The molecule has 132 valence electrons. The molecule has 2 heterocycles. The van der Waals surface area contributed by atoms with Crippen LogP contribution < -0.4 is 9.64 Å². The Bertz CT molecular complexity index is 766. The number of carbonyl (C=O) groups is 1. The van der Waals surface area contributed by atoms with Crippen molar-refractivity contribution in [3.8, 4) is 5.75 Å². The number of thioether (sulfide) groups is 1. The van der Waals surface area contributed by atoms with E-state index in [-0.39, 0.29) is 5.78 Å². The first-order valence-electron chi connectivity index (χ1n) is 8.76. The van der Waals surface area contributed by atoms with E-state index >= 15 is 0 Å². The predicted octanol–water partition coefficient (Wildman–Crippen LogP) is 3.20. The number of anilines is 1. The second kappa shape index (κ2) is 7.07. The predicted molar refractivity (Wildman–Crippen MR) is 97.8 cm³/mol. The molecule has 2 fully saturated rings. The molecule has 2 aliphatic rings. The summed E-state index contributed by atoms with van der Waals surface area (Å²) in [5.74, 6) is 2.12. The Balaban J connectivity index is 1.48. The van der Waals surface area contributed by atoms with Gasteiger partial charge in [-0.15, -0.1) is 10.2 Å². The Morgan fingerprint density at radius 1 is 1.28 bits per heavy atom. The summed E-state index contributed by atoms with van der Waals surface area (Å²) < 4.78 is 7.44. The minimum absolute atomic E-state index is 0.0805. The maximum absolute atomic E-state index is 12.5. The maximum Gasteiger partial charge on any atom is 0.228 e. The van der Waals surface area contributed by atoms with Gasteiger partial charge in [-0.25, -0.2) is 0 Å². The molecule has 7 heteroatoms. The highest BCUT2D eigenvalue weighted by molar-refractivity contribution is 7.99. The van der Waals surface area contributed by atoms with Crippen LogP contribution in [-0.4, -0.2) is 46.5 Å². The van der Waals surface area contributed by atoms with Crippen LogP contribution in [-0.2, 0) is 0 Å². The van der Waals surface area contributed by atoms with Gasteiger partial charge in [0, 0.05) is 24.7 Å². The van der Waals surface area contributed by atoms with Gasteiger partial charge in [-0.05, 0) is 37.8 Å². The molecule has 0 bridgehead atoms. The summed E-state index contributed by atoms with van der Waals surface area (Å²) in [5.41, 5.74) is 0.670. The lowest BCUT2D eigenvalue weighted by molar-refractivity contribution is 0.102. The lowest BCUT2D eigenvalue weighted by Gasteiger charge is -2.17. The number of aromatic nitrogens is 3. The Hall–Kier alpha value is -2.02. The number of Topliss-reactive ketones (excluding diaryl/α,β-unsaturated/α-hetero) is 1. The average molecular weight is 358 g/mol.